The summed E-state index contributed by atoms with van der Waals surface area (Å²) >= 11 is 0. The topological polar surface area (TPSA) is 114 Å². The van der Waals surface area contributed by atoms with Gasteiger partial charge in [-0.15, -0.1) is 0 Å². The van der Waals surface area contributed by atoms with E-state index in [0.29, 0.717) is 12.5 Å². The number of rotatable bonds is 9. The molecule has 35 heavy (non-hydrogen) atoms. The second kappa shape index (κ2) is 11.8. The molecule has 0 spiro atoms. The molecular formula is C27H32N2O6. The van der Waals surface area contributed by atoms with Gasteiger partial charge in [0.1, 0.15) is 12.6 Å². The Kier molecular flexibility index (Phi) is 8.36. The monoisotopic (exact) mass is 480 g/mol. The molecule has 1 saturated heterocycles. The van der Waals surface area contributed by atoms with E-state index in [9.17, 15) is 19.5 Å². The van der Waals surface area contributed by atoms with E-state index >= 15 is 0 Å². The Labute approximate surface area is 205 Å². The molecule has 2 aromatic rings. The molecule has 0 aromatic heterocycles. The van der Waals surface area contributed by atoms with E-state index in [2.05, 4.69) is 10.6 Å². The highest BCUT2D eigenvalue weighted by Crippen LogP contribution is 2.44. The summed E-state index contributed by atoms with van der Waals surface area (Å²) in [7, 11) is 0. The molecule has 2 unspecified atom stereocenters. The SMILES string of the molecule is O=C(O)CC(NC(=O)OCC1c2ccccc2-c2ccccc21)C(=O)NCCC1CCCOCC1. The van der Waals surface area contributed by atoms with Gasteiger partial charge in [-0.1, -0.05) is 48.5 Å². The zero-order chi connectivity index (χ0) is 24.6. The van der Waals surface area contributed by atoms with Gasteiger partial charge in [0.15, 0.2) is 0 Å². The van der Waals surface area contributed by atoms with Crippen molar-refractivity contribution in [3.63, 3.8) is 0 Å². The highest BCUT2D eigenvalue weighted by molar-refractivity contribution is 5.89. The van der Waals surface area contributed by atoms with Crippen LogP contribution < -0.4 is 10.6 Å². The standard InChI is InChI=1S/C27H32N2O6/c30-25(31)16-24(26(32)28-13-11-18-6-5-14-34-15-12-18)29-27(33)35-17-23-21-9-3-1-7-19(21)20-8-2-4-10-22(20)23/h1-4,7-10,18,23-24H,5-6,11-17H2,(H,28,32)(H,29,33)(H,30,31). The van der Waals surface area contributed by atoms with Crippen LogP contribution in [0.2, 0.25) is 0 Å². The first-order valence-electron chi connectivity index (χ1n) is 12.2. The number of carboxylic acid groups (broad SMARTS) is 1. The van der Waals surface area contributed by atoms with Crippen LogP contribution in [0.1, 0.15) is 49.1 Å². The van der Waals surface area contributed by atoms with E-state index in [1.807, 2.05) is 48.5 Å². The van der Waals surface area contributed by atoms with Crippen molar-refractivity contribution in [3.05, 3.63) is 59.7 Å². The van der Waals surface area contributed by atoms with Gasteiger partial charge in [-0.05, 0) is 53.9 Å². The average molecular weight is 481 g/mol. The third kappa shape index (κ3) is 6.39. The van der Waals surface area contributed by atoms with Gasteiger partial charge in [-0.2, -0.15) is 0 Å². The van der Waals surface area contributed by atoms with Gasteiger partial charge >= 0.3 is 12.1 Å². The number of carbonyl (C=O) groups excluding carboxylic acids is 2. The number of hydrogen-bond acceptors (Lipinski definition) is 5. The van der Waals surface area contributed by atoms with E-state index in [1.54, 1.807) is 0 Å². The number of fused-ring (bicyclic) bond motifs is 3. The smallest absolute Gasteiger partial charge is 0.407 e. The predicted octanol–water partition coefficient (Wildman–Crippen LogP) is 3.69. The Bertz CT molecular complexity index is 1000. The number of alkyl carbamates (subject to hydrolysis) is 1. The summed E-state index contributed by atoms with van der Waals surface area (Å²) in [6.07, 6.45) is 2.46. The first-order valence-corrected chi connectivity index (χ1v) is 12.2. The quantitative estimate of drug-likeness (QED) is 0.504. The Morgan fingerprint density at radius 3 is 2.37 bits per heavy atom. The van der Waals surface area contributed by atoms with Gasteiger partial charge in [0, 0.05) is 25.7 Å². The van der Waals surface area contributed by atoms with Crippen LogP contribution in [-0.4, -0.2) is 55.5 Å². The third-order valence-electron chi connectivity index (χ3n) is 6.75. The van der Waals surface area contributed by atoms with Gasteiger partial charge in [-0.3, -0.25) is 9.59 Å². The maximum atomic E-state index is 12.6. The number of amides is 2. The highest BCUT2D eigenvalue weighted by Gasteiger charge is 2.30. The molecule has 1 aliphatic carbocycles. The van der Waals surface area contributed by atoms with Crippen molar-refractivity contribution in [2.24, 2.45) is 5.92 Å². The maximum Gasteiger partial charge on any atom is 0.407 e. The summed E-state index contributed by atoms with van der Waals surface area (Å²) in [5.74, 6) is -1.36. The van der Waals surface area contributed by atoms with Crippen LogP contribution in [0.4, 0.5) is 4.79 Å². The molecule has 2 aromatic carbocycles. The van der Waals surface area contributed by atoms with Crippen LogP contribution in [0.15, 0.2) is 48.5 Å². The summed E-state index contributed by atoms with van der Waals surface area (Å²) < 4.78 is 10.9. The Hall–Kier alpha value is -3.39. The van der Waals surface area contributed by atoms with Crippen LogP contribution in [0.3, 0.4) is 0 Å². The van der Waals surface area contributed by atoms with Crippen molar-refractivity contribution in [2.75, 3.05) is 26.4 Å². The van der Waals surface area contributed by atoms with Gasteiger partial charge in [-0.25, -0.2) is 4.79 Å². The fourth-order valence-corrected chi connectivity index (χ4v) is 4.95. The summed E-state index contributed by atoms with van der Waals surface area (Å²) in [5, 5.41) is 14.5. The lowest BCUT2D eigenvalue weighted by Crippen LogP contribution is -2.48. The van der Waals surface area contributed by atoms with Crippen molar-refractivity contribution in [1.82, 2.24) is 10.6 Å². The van der Waals surface area contributed by atoms with Gasteiger partial charge in [0.05, 0.1) is 6.42 Å². The summed E-state index contributed by atoms with van der Waals surface area (Å²) in [5.41, 5.74) is 4.37. The largest absolute Gasteiger partial charge is 0.481 e. The minimum atomic E-state index is -1.21. The second-order valence-corrected chi connectivity index (χ2v) is 9.11. The van der Waals surface area contributed by atoms with Crippen molar-refractivity contribution in [2.45, 2.75) is 44.1 Å². The molecule has 2 atom stereocenters. The van der Waals surface area contributed by atoms with Crippen molar-refractivity contribution >= 4 is 18.0 Å². The van der Waals surface area contributed by atoms with Crippen molar-refractivity contribution in [3.8, 4) is 11.1 Å². The molecule has 8 nitrogen and oxygen atoms in total. The minimum absolute atomic E-state index is 0.0883. The van der Waals surface area contributed by atoms with Gasteiger partial charge in [0.2, 0.25) is 5.91 Å². The summed E-state index contributed by atoms with van der Waals surface area (Å²) in [6.45, 7) is 2.01. The molecule has 2 aliphatic rings. The van der Waals surface area contributed by atoms with Crippen LogP contribution in [-0.2, 0) is 19.1 Å². The number of nitrogens with one attached hydrogen (secondary N) is 2. The summed E-state index contributed by atoms with van der Waals surface area (Å²) in [4.78, 5) is 36.5. The molecule has 8 heteroatoms. The van der Waals surface area contributed by atoms with E-state index in [0.717, 1.165) is 61.2 Å². The zero-order valence-electron chi connectivity index (χ0n) is 19.7. The number of ether oxygens (including phenoxy) is 2. The molecule has 1 heterocycles. The van der Waals surface area contributed by atoms with E-state index < -0.39 is 30.4 Å². The lowest BCUT2D eigenvalue weighted by atomic mass is 9.97. The Morgan fingerprint density at radius 2 is 1.69 bits per heavy atom. The van der Waals surface area contributed by atoms with Crippen molar-refractivity contribution in [1.29, 1.82) is 0 Å². The lowest BCUT2D eigenvalue weighted by Gasteiger charge is -2.19. The van der Waals surface area contributed by atoms with Gasteiger partial charge < -0.3 is 25.2 Å². The number of benzene rings is 2. The van der Waals surface area contributed by atoms with Crippen molar-refractivity contribution < 1.29 is 29.0 Å². The Balaban J connectivity index is 1.31. The van der Waals surface area contributed by atoms with E-state index in [4.69, 9.17) is 9.47 Å². The molecule has 1 fully saturated rings. The van der Waals surface area contributed by atoms with Crippen LogP contribution in [0.25, 0.3) is 11.1 Å². The van der Waals surface area contributed by atoms with E-state index in [1.165, 1.54) is 0 Å². The Morgan fingerprint density at radius 1 is 1.00 bits per heavy atom. The summed E-state index contributed by atoms with van der Waals surface area (Å²) in [6, 6.07) is 14.8. The number of hydrogen-bond donors (Lipinski definition) is 3. The molecule has 4 rings (SSSR count). The number of carbonyl (C=O) groups is 3. The molecule has 0 radical (unpaired) electrons. The van der Waals surface area contributed by atoms with Gasteiger partial charge in [0.25, 0.3) is 0 Å². The molecule has 2 amide bonds. The predicted molar refractivity (Wildman–Crippen MR) is 130 cm³/mol. The van der Waals surface area contributed by atoms with Crippen LogP contribution in [0, 0.1) is 5.92 Å². The maximum absolute atomic E-state index is 12.6. The lowest BCUT2D eigenvalue weighted by molar-refractivity contribution is -0.139. The molecule has 0 saturated carbocycles. The van der Waals surface area contributed by atoms with Crippen LogP contribution >= 0.6 is 0 Å². The minimum Gasteiger partial charge on any atom is -0.481 e. The zero-order valence-corrected chi connectivity index (χ0v) is 19.7. The highest BCUT2D eigenvalue weighted by atomic mass is 16.5. The van der Waals surface area contributed by atoms with E-state index in [-0.39, 0.29) is 12.5 Å². The molecular weight excluding hydrogens is 448 g/mol. The fraction of sp³-hybridized carbons (Fsp3) is 0.444. The number of aliphatic carboxylic acids is 1. The third-order valence-corrected chi connectivity index (χ3v) is 6.75. The molecule has 3 N–H and O–H groups in total. The average Bonchev–Trinajstić information content (AvgIpc) is 2.97. The molecule has 1 aliphatic heterocycles. The normalized spacial score (nSPS) is 18.0. The fourth-order valence-electron chi connectivity index (χ4n) is 4.95. The second-order valence-electron chi connectivity index (χ2n) is 9.11. The number of carboxylic acids is 1. The first-order chi connectivity index (χ1) is 17.0. The van der Waals surface area contributed by atoms with Crippen LogP contribution in [0.5, 0.6) is 0 Å². The molecule has 186 valence electrons. The first kappa shape index (κ1) is 24.7. The molecule has 0 bridgehead atoms.